The molecular formula is C9H11N3O5S. The second-order valence-electron chi connectivity index (χ2n) is 3.30. The molecule has 0 spiro atoms. The van der Waals surface area contributed by atoms with Crippen LogP contribution < -0.4 is 10.6 Å². The topological polar surface area (TPSA) is 129 Å². The van der Waals surface area contributed by atoms with Crippen LogP contribution in [0.3, 0.4) is 0 Å². The van der Waals surface area contributed by atoms with Gasteiger partial charge in [-0.2, -0.15) is 0 Å². The third kappa shape index (κ3) is 4.78. The highest BCUT2D eigenvalue weighted by atomic mass is 32.1. The van der Waals surface area contributed by atoms with Gasteiger partial charge in [0.1, 0.15) is 6.04 Å². The van der Waals surface area contributed by atoms with Crippen molar-refractivity contribution in [2.75, 3.05) is 0 Å². The highest BCUT2D eigenvalue weighted by Gasteiger charge is 2.22. The lowest BCUT2D eigenvalue weighted by Crippen LogP contribution is -2.46. The summed E-state index contributed by atoms with van der Waals surface area (Å²) in [4.78, 5) is 36.3. The predicted molar refractivity (Wildman–Crippen MR) is 61.2 cm³/mol. The first-order chi connectivity index (χ1) is 8.49. The van der Waals surface area contributed by atoms with Crippen molar-refractivity contribution in [3.8, 4) is 0 Å². The Morgan fingerprint density at radius 2 is 2.11 bits per heavy atom. The summed E-state index contributed by atoms with van der Waals surface area (Å²) in [5, 5.41) is 23.4. The smallest absolute Gasteiger partial charge is 0.326 e. The quantitative estimate of drug-likeness (QED) is 0.571. The summed E-state index contributed by atoms with van der Waals surface area (Å²) in [5.41, 5.74) is 2.24. The van der Waals surface area contributed by atoms with Crippen molar-refractivity contribution in [2.45, 2.75) is 19.0 Å². The molecule has 0 fully saturated rings. The Kier molecular flexibility index (Phi) is 5.06. The van der Waals surface area contributed by atoms with Crippen LogP contribution in [0.25, 0.3) is 0 Å². The van der Waals surface area contributed by atoms with Crippen molar-refractivity contribution < 1.29 is 24.6 Å². The lowest BCUT2D eigenvalue weighted by atomic mass is 10.2. The molecule has 1 atom stereocenters. The number of nitrogens with zero attached hydrogens (tertiary/aromatic N) is 1. The van der Waals surface area contributed by atoms with E-state index in [2.05, 4.69) is 15.6 Å². The number of thiazole rings is 1. The molecule has 0 aliphatic heterocycles. The number of carboxylic acid groups (broad SMARTS) is 2. The maximum atomic E-state index is 11.3. The highest BCUT2D eigenvalue weighted by Crippen LogP contribution is 1.99. The molecule has 1 aromatic heterocycles. The number of carboxylic acids is 2. The van der Waals surface area contributed by atoms with E-state index >= 15 is 0 Å². The van der Waals surface area contributed by atoms with Crippen molar-refractivity contribution >= 4 is 29.3 Å². The van der Waals surface area contributed by atoms with E-state index in [1.807, 2.05) is 0 Å². The molecule has 1 aromatic rings. The Morgan fingerprint density at radius 3 is 2.61 bits per heavy atom. The lowest BCUT2D eigenvalue weighted by molar-refractivity contribution is -0.145. The van der Waals surface area contributed by atoms with E-state index in [1.54, 1.807) is 10.9 Å². The first kappa shape index (κ1) is 13.9. The fraction of sp³-hybridized carbons (Fsp3) is 0.333. The molecule has 9 heteroatoms. The van der Waals surface area contributed by atoms with Crippen LogP contribution in [-0.4, -0.2) is 39.2 Å². The average Bonchev–Trinajstić information content (AvgIpc) is 2.77. The number of hydrogen-bond acceptors (Lipinski definition) is 5. The molecule has 0 aliphatic rings. The normalized spacial score (nSPS) is 11.6. The SMILES string of the molecule is O=C(O)C[C@@H](NC(=O)NCc1cscn1)C(=O)O. The minimum absolute atomic E-state index is 0.148. The number of nitrogens with one attached hydrogen (secondary N) is 2. The van der Waals surface area contributed by atoms with Crippen molar-refractivity contribution in [2.24, 2.45) is 0 Å². The molecule has 0 saturated heterocycles. The summed E-state index contributed by atoms with van der Waals surface area (Å²) in [6.07, 6.45) is -0.681. The van der Waals surface area contributed by atoms with E-state index in [4.69, 9.17) is 10.2 Å². The fourth-order valence-electron chi connectivity index (χ4n) is 1.08. The van der Waals surface area contributed by atoms with Crippen LogP contribution in [0.5, 0.6) is 0 Å². The Morgan fingerprint density at radius 1 is 1.39 bits per heavy atom. The van der Waals surface area contributed by atoms with Gasteiger partial charge in [-0.1, -0.05) is 0 Å². The molecule has 0 aromatic carbocycles. The third-order valence-corrected chi connectivity index (χ3v) is 2.53. The maximum Gasteiger partial charge on any atom is 0.326 e. The summed E-state index contributed by atoms with van der Waals surface area (Å²) >= 11 is 1.36. The van der Waals surface area contributed by atoms with Crippen LogP contribution in [0.15, 0.2) is 10.9 Å². The number of hydrogen-bond donors (Lipinski definition) is 4. The Balaban J connectivity index is 2.41. The van der Waals surface area contributed by atoms with E-state index in [1.165, 1.54) is 11.3 Å². The molecule has 0 bridgehead atoms. The van der Waals surface area contributed by atoms with Gasteiger partial charge in [-0.3, -0.25) is 4.79 Å². The number of amides is 2. The molecule has 1 heterocycles. The van der Waals surface area contributed by atoms with Crippen LogP contribution in [-0.2, 0) is 16.1 Å². The van der Waals surface area contributed by atoms with E-state index < -0.39 is 30.4 Å². The van der Waals surface area contributed by atoms with Gasteiger partial charge < -0.3 is 20.8 Å². The Labute approximate surface area is 106 Å². The lowest BCUT2D eigenvalue weighted by Gasteiger charge is -2.12. The molecule has 0 aliphatic carbocycles. The number of rotatable bonds is 6. The highest BCUT2D eigenvalue weighted by molar-refractivity contribution is 7.07. The first-order valence-electron chi connectivity index (χ1n) is 4.85. The average molecular weight is 273 g/mol. The summed E-state index contributed by atoms with van der Waals surface area (Å²) in [7, 11) is 0. The van der Waals surface area contributed by atoms with Gasteiger partial charge in [0.15, 0.2) is 0 Å². The maximum absolute atomic E-state index is 11.3. The molecule has 8 nitrogen and oxygen atoms in total. The van der Waals surface area contributed by atoms with Gasteiger partial charge in [-0.15, -0.1) is 11.3 Å². The van der Waals surface area contributed by atoms with Crippen LogP contribution in [0, 0.1) is 0 Å². The van der Waals surface area contributed by atoms with Gasteiger partial charge in [-0.25, -0.2) is 14.6 Å². The molecule has 4 N–H and O–H groups in total. The van der Waals surface area contributed by atoms with Crippen LogP contribution in [0.2, 0.25) is 0 Å². The van der Waals surface area contributed by atoms with Crippen molar-refractivity contribution in [3.63, 3.8) is 0 Å². The molecular weight excluding hydrogens is 262 g/mol. The Bertz CT molecular complexity index is 433. The monoisotopic (exact) mass is 273 g/mol. The number of aliphatic carboxylic acids is 2. The van der Waals surface area contributed by atoms with Gasteiger partial charge in [0.25, 0.3) is 0 Å². The zero-order valence-electron chi connectivity index (χ0n) is 9.12. The minimum Gasteiger partial charge on any atom is -0.481 e. The van der Waals surface area contributed by atoms with Crippen molar-refractivity contribution in [1.82, 2.24) is 15.6 Å². The van der Waals surface area contributed by atoms with Gasteiger partial charge >= 0.3 is 18.0 Å². The molecule has 0 saturated carbocycles. The van der Waals surface area contributed by atoms with E-state index in [9.17, 15) is 14.4 Å². The standard InChI is InChI=1S/C9H11N3O5S/c13-7(14)1-6(8(15)16)12-9(17)10-2-5-3-18-4-11-5/h3-4,6H,1-2H2,(H,13,14)(H,15,16)(H2,10,12,17)/t6-/m1/s1. The number of aromatic nitrogens is 1. The first-order valence-corrected chi connectivity index (χ1v) is 5.79. The number of carbonyl (C=O) groups is 3. The second kappa shape index (κ2) is 6.55. The van der Waals surface area contributed by atoms with Gasteiger partial charge in [0.2, 0.25) is 0 Å². The molecule has 98 valence electrons. The molecule has 1 rings (SSSR count). The third-order valence-electron chi connectivity index (χ3n) is 1.90. The second-order valence-corrected chi connectivity index (χ2v) is 4.01. The molecule has 18 heavy (non-hydrogen) atoms. The fourth-order valence-corrected chi connectivity index (χ4v) is 1.64. The van der Waals surface area contributed by atoms with Gasteiger partial charge in [0, 0.05) is 5.38 Å². The van der Waals surface area contributed by atoms with Crippen molar-refractivity contribution in [1.29, 1.82) is 0 Å². The van der Waals surface area contributed by atoms with Crippen molar-refractivity contribution in [3.05, 3.63) is 16.6 Å². The number of urea groups is 1. The predicted octanol–water partition coefficient (Wildman–Crippen LogP) is -0.130. The minimum atomic E-state index is -1.46. The Hall–Kier alpha value is -2.16. The van der Waals surface area contributed by atoms with E-state index in [0.717, 1.165) is 0 Å². The zero-order valence-corrected chi connectivity index (χ0v) is 9.94. The summed E-state index contributed by atoms with van der Waals surface area (Å²) in [6, 6.07) is -2.21. The summed E-state index contributed by atoms with van der Waals surface area (Å²) < 4.78 is 0. The van der Waals surface area contributed by atoms with Crippen LogP contribution in [0.1, 0.15) is 12.1 Å². The van der Waals surface area contributed by atoms with Gasteiger partial charge in [-0.05, 0) is 0 Å². The van der Waals surface area contributed by atoms with Crippen LogP contribution >= 0.6 is 11.3 Å². The summed E-state index contributed by atoms with van der Waals surface area (Å²) in [5.74, 6) is -2.71. The molecule has 0 unspecified atom stereocenters. The van der Waals surface area contributed by atoms with Gasteiger partial charge in [0.05, 0.1) is 24.2 Å². The van der Waals surface area contributed by atoms with E-state index in [-0.39, 0.29) is 6.54 Å². The number of carbonyl (C=O) groups excluding carboxylic acids is 1. The van der Waals surface area contributed by atoms with E-state index in [0.29, 0.717) is 5.69 Å². The molecule has 2 amide bonds. The largest absolute Gasteiger partial charge is 0.481 e. The van der Waals surface area contributed by atoms with Crippen LogP contribution in [0.4, 0.5) is 4.79 Å². The zero-order chi connectivity index (χ0) is 13.5. The summed E-state index contributed by atoms with van der Waals surface area (Å²) in [6.45, 7) is 0.148. The molecule has 0 radical (unpaired) electrons.